The number of fused-ring (bicyclic) bond motifs is 1. The van der Waals surface area contributed by atoms with Crippen molar-refractivity contribution in [1.29, 1.82) is 5.26 Å². The minimum absolute atomic E-state index is 0.0903. The first-order valence-electron chi connectivity index (χ1n) is 9.79. The van der Waals surface area contributed by atoms with E-state index in [-0.39, 0.29) is 30.2 Å². The van der Waals surface area contributed by atoms with E-state index in [1.165, 1.54) is 17.0 Å². The van der Waals surface area contributed by atoms with Gasteiger partial charge in [0.15, 0.2) is 0 Å². The number of carbonyl (C=O) groups is 2. The van der Waals surface area contributed by atoms with Crippen LogP contribution >= 0.6 is 0 Å². The summed E-state index contributed by atoms with van der Waals surface area (Å²) in [5.74, 6) is -0.934. The molecule has 6 nitrogen and oxygen atoms in total. The van der Waals surface area contributed by atoms with Crippen LogP contribution in [0.15, 0.2) is 60.7 Å². The van der Waals surface area contributed by atoms with Gasteiger partial charge >= 0.3 is 0 Å². The van der Waals surface area contributed by atoms with Crippen molar-refractivity contribution in [3.05, 3.63) is 88.9 Å². The number of halogens is 1. The Morgan fingerprint density at radius 1 is 1.16 bits per heavy atom. The van der Waals surface area contributed by atoms with E-state index >= 15 is 0 Å². The molecule has 1 aliphatic rings. The maximum atomic E-state index is 13.1. The number of amides is 2. The van der Waals surface area contributed by atoms with Gasteiger partial charge in [-0.25, -0.2) is 9.37 Å². The summed E-state index contributed by atoms with van der Waals surface area (Å²) in [6.45, 7) is 2.03. The highest BCUT2D eigenvalue weighted by Crippen LogP contribution is 2.25. The quantitative estimate of drug-likeness (QED) is 0.691. The molecule has 3 aromatic rings. The van der Waals surface area contributed by atoms with Crippen LogP contribution in [0.3, 0.4) is 0 Å². The molecule has 0 saturated carbocycles. The lowest BCUT2D eigenvalue weighted by Crippen LogP contribution is -2.38. The summed E-state index contributed by atoms with van der Waals surface area (Å²) >= 11 is 0. The van der Waals surface area contributed by atoms with Crippen molar-refractivity contribution >= 4 is 11.8 Å². The van der Waals surface area contributed by atoms with Crippen LogP contribution in [0.1, 0.15) is 40.1 Å². The SMILES string of the molecule is C[C@H](NC(=O)CN1Cc2ccc(-c3ccc(C#N)cc3)nc2C1=O)c1ccc(F)cc1. The molecule has 0 bridgehead atoms. The number of nitriles is 1. The van der Waals surface area contributed by atoms with Gasteiger partial charge in [-0.05, 0) is 42.8 Å². The Labute approximate surface area is 179 Å². The molecule has 2 heterocycles. The van der Waals surface area contributed by atoms with Crippen LogP contribution in [0.2, 0.25) is 0 Å². The second kappa shape index (κ2) is 8.36. The second-order valence-corrected chi connectivity index (χ2v) is 7.40. The predicted octanol–water partition coefficient (Wildman–Crippen LogP) is 3.59. The van der Waals surface area contributed by atoms with Crippen molar-refractivity contribution in [2.45, 2.75) is 19.5 Å². The first-order chi connectivity index (χ1) is 14.9. The molecule has 1 aromatic heterocycles. The Morgan fingerprint density at radius 3 is 2.55 bits per heavy atom. The minimum atomic E-state index is -0.337. The number of benzene rings is 2. The molecule has 0 radical (unpaired) electrons. The third-order valence-electron chi connectivity index (χ3n) is 5.22. The Morgan fingerprint density at radius 2 is 1.87 bits per heavy atom. The van der Waals surface area contributed by atoms with E-state index in [0.717, 1.165) is 16.7 Å². The van der Waals surface area contributed by atoms with Gasteiger partial charge in [0.05, 0.1) is 23.4 Å². The number of aromatic nitrogens is 1. The molecule has 0 spiro atoms. The van der Waals surface area contributed by atoms with Gasteiger partial charge in [0.2, 0.25) is 5.91 Å². The van der Waals surface area contributed by atoms with E-state index in [4.69, 9.17) is 5.26 Å². The molecule has 7 heteroatoms. The van der Waals surface area contributed by atoms with E-state index in [2.05, 4.69) is 16.4 Å². The third-order valence-corrected chi connectivity index (χ3v) is 5.22. The fourth-order valence-corrected chi connectivity index (χ4v) is 3.53. The molecular formula is C24H19FN4O2. The maximum Gasteiger partial charge on any atom is 0.273 e. The van der Waals surface area contributed by atoms with Crippen LogP contribution in [0, 0.1) is 17.1 Å². The number of hydrogen-bond acceptors (Lipinski definition) is 4. The number of hydrogen-bond donors (Lipinski definition) is 1. The molecule has 0 aliphatic carbocycles. The van der Waals surface area contributed by atoms with Crippen LogP contribution in [-0.4, -0.2) is 28.2 Å². The zero-order chi connectivity index (χ0) is 22.0. The van der Waals surface area contributed by atoms with Crippen LogP contribution in [-0.2, 0) is 11.3 Å². The smallest absolute Gasteiger partial charge is 0.273 e. The summed E-state index contributed by atoms with van der Waals surface area (Å²) < 4.78 is 13.1. The van der Waals surface area contributed by atoms with Gasteiger partial charge in [-0.2, -0.15) is 5.26 Å². The molecule has 0 saturated heterocycles. The topological polar surface area (TPSA) is 86.1 Å². The molecule has 2 amide bonds. The Hall–Kier alpha value is -4.05. The van der Waals surface area contributed by atoms with E-state index in [0.29, 0.717) is 23.5 Å². The zero-order valence-electron chi connectivity index (χ0n) is 16.8. The average molecular weight is 414 g/mol. The second-order valence-electron chi connectivity index (χ2n) is 7.40. The normalized spacial score (nSPS) is 13.5. The van der Waals surface area contributed by atoms with Gasteiger partial charge in [0.1, 0.15) is 18.1 Å². The van der Waals surface area contributed by atoms with Crippen molar-refractivity contribution < 1.29 is 14.0 Å². The van der Waals surface area contributed by atoms with Crippen molar-refractivity contribution in [3.8, 4) is 17.3 Å². The highest BCUT2D eigenvalue weighted by atomic mass is 19.1. The molecule has 2 aromatic carbocycles. The van der Waals surface area contributed by atoms with Gasteiger partial charge < -0.3 is 10.2 Å². The first kappa shape index (κ1) is 20.2. The minimum Gasteiger partial charge on any atom is -0.348 e. The Balaban J connectivity index is 1.43. The van der Waals surface area contributed by atoms with Crippen LogP contribution in [0.4, 0.5) is 4.39 Å². The van der Waals surface area contributed by atoms with Crippen molar-refractivity contribution in [2.24, 2.45) is 0 Å². The standard InChI is InChI=1S/C24H19FN4O2/c1-15(17-6-9-20(25)10-7-17)27-22(30)14-29-13-19-8-11-21(28-23(19)24(29)31)18-4-2-16(12-26)3-5-18/h2-11,15H,13-14H2,1H3,(H,27,30)/t15-/m0/s1. The van der Waals surface area contributed by atoms with Gasteiger partial charge in [-0.15, -0.1) is 0 Å². The van der Waals surface area contributed by atoms with Gasteiger partial charge in [-0.1, -0.05) is 30.3 Å². The zero-order valence-corrected chi connectivity index (χ0v) is 16.8. The summed E-state index contributed by atoms with van der Waals surface area (Å²) in [4.78, 5) is 31.2. The summed E-state index contributed by atoms with van der Waals surface area (Å²) in [5, 5.41) is 11.8. The molecule has 1 aliphatic heterocycles. The molecule has 1 N–H and O–H groups in total. The summed E-state index contributed by atoms with van der Waals surface area (Å²) in [7, 11) is 0. The highest BCUT2D eigenvalue weighted by Gasteiger charge is 2.30. The molecule has 31 heavy (non-hydrogen) atoms. The maximum absolute atomic E-state index is 13.1. The third kappa shape index (κ3) is 4.28. The summed E-state index contributed by atoms with van der Waals surface area (Å²) in [5.41, 5.74) is 3.86. The molecular weight excluding hydrogens is 395 g/mol. The summed E-state index contributed by atoms with van der Waals surface area (Å²) in [6, 6.07) is 18.3. The van der Waals surface area contributed by atoms with Gasteiger partial charge in [0.25, 0.3) is 5.91 Å². The number of nitrogens with one attached hydrogen (secondary N) is 1. The Kier molecular flexibility index (Phi) is 5.46. The van der Waals surface area contributed by atoms with Crippen LogP contribution < -0.4 is 5.32 Å². The molecule has 0 unspecified atom stereocenters. The molecule has 154 valence electrons. The van der Waals surface area contributed by atoms with Crippen molar-refractivity contribution in [2.75, 3.05) is 6.54 Å². The lowest BCUT2D eigenvalue weighted by Gasteiger charge is -2.18. The number of nitrogens with zero attached hydrogens (tertiary/aromatic N) is 3. The van der Waals surface area contributed by atoms with Crippen molar-refractivity contribution in [1.82, 2.24) is 15.2 Å². The van der Waals surface area contributed by atoms with Gasteiger partial charge in [-0.3, -0.25) is 9.59 Å². The predicted molar refractivity (Wildman–Crippen MR) is 112 cm³/mol. The fraction of sp³-hybridized carbons (Fsp3) is 0.167. The van der Waals surface area contributed by atoms with E-state index < -0.39 is 0 Å². The van der Waals surface area contributed by atoms with E-state index in [1.54, 1.807) is 43.3 Å². The highest BCUT2D eigenvalue weighted by molar-refractivity contribution is 5.99. The lowest BCUT2D eigenvalue weighted by atomic mass is 10.1. The van der Waals surface area contributed by atoms with Gasteiger partial charge in [0, 0.05) is 17.7 Å². The van der Waals surface area contributed by atoms with Crippen LogP contribution in [0.5, 0.6) is 0 Å². The van der Waals surface area contributed by atoms with E-state index in [1.807, 2.05) is 12.1 Å². The molecule has 1 atom stereocenters. The molecule has 0 fully saturated rings. The van der Waals surface area contributed by atoms with Crippen LogP contribution in [0.25, 0.3) is 11.3 Å². The summed E-state index contributed by atoms with van der Waals surface area (Å²) in [6.07, 6.45) is 0. The van der Waals surface area contributed by atoms with E-state index in [9.17, 15) is 14.0 Å². The average Bonchev–Trinajstić information content (AvgIpc) is 3.08. The van der Waals surface area contributed by atoms with Crippen molar-refractivity contribution in [3.63, 3.8) is 0 Å². The fourth-order valence-electron chi connectivity index (χ4n) is 3.53. The number of carbonyl (C=O) groups excluding carboxylic acids is 2. The number of pyridine rings is 1. The Bertz CT molecular complexity index is 1180. The largest absolute Gasteiger partial charge is 0.348 e. The number of rotatable bonds is 5. The first-order valence-corrected chi connectivity index (χ1v) is 9.79. The molecule has 4 rings (SSSR count). The monoisotopic (exact) mass is 414 g/mol. The lowest BCUT2D eigenvalue weighted by molar-refractivity contribution is -0.122.